The maximum Gasteiger partial charge on any atom is 0.132 e. The quantitative estimate of drug-likeness (QED) is 0.574. The Balaban J connectivity index is 2.09. The second-order valence-corrected chi connectivity index (χ2v) is 7.33. The third-order valence-corrected chi connectivity index (χ3v) is 5.17. The van der Waals surface area contributed by atoms with Crippen LogP contribution >= 0.6 is 11.6 Å². The summed E-state index contributed by atoms with van der Waals surface area (Å²) in [5.74, 6) is -0.227. The summed E-state index contributed by atoms with van der Waals surface area (Å²) >= 11 is 5.88. The molecular weight excluding hydrogens is 339 g/mol. The van der Waals surface area contributed by atoms with E-state index in [0.717, 1.165) is 22.3 Å². The molecule has 0 aromatic heterocycles. The van der Waals surface area contributed by atoms with Gasteiger partial charge in [0.05, 0.1) is 0 Å². The fourth-order valence-corrected chi connectivity index (χ4v) is 4.03. The molecule has 0 heterocycles. The van der Waals surface area contributed by atoms with E-state index in [0.29, 0.717) is 16.1 Å². The highest BCUT2D eigenvalue weighted by Gasteiger charge is 2.38. The summed E-state index contributed by atoms with van der Waals surface area (Å²) in [5.41, 5.74) is 4.24. The molecule has 0 aliphatic heterocycles. The molecule has 25 heavy (non-hydrogen) atoms. The van der Waals surface area contributed by atoms with Gasteiger partial charge in [-0.15, -0.1) is 0 Å². The summed E-state index contributed by atoms with van der Waals surface area (Å²) in [6, 6.07) is 13.0. The van der Waals surface area contributed by atoms with Gasteiger partial charge in [-0.05, 0) is 70.3 Å². The first kappa shape index (κ1) is 16.0. The van der Waals surface area contributed by atoms with E-state index in [4.69, 9.17) is 11.6 Å². The lowest BCUT2D eigenvalue weighted by atomic mass is 9.78. The van der Waals surface area contributed by atoms with Gasteiger partial charge in [0.15, 0.2) is 0 Å². The highest BCUT2D eigenvalue weighted by atomic mass is 35.5. The second-order valence-electron chi connectivity index (χ2n) is 6.89. The van der Waals surface area contributed by atoms with Crippen molar-refractivity contribution in [2.45, 2.75) is 19.3 Å². The van der Waals surface area contributed by atoms with Crippen LogP contribution in [0.3, 0.4) is 0 Å². The van der Waals surface area contributed by atoms with E-state index in [9.17, 15) is 14.6 Å². The number of phenols is 2. The average molecular weight is 355 g/mol. The van der Waals surface area contributed by atoms with E-state index >= 15 is 0 Å². The van der Waals surface area contributed by atoms with Crippen molar-refractivity contribution in [3.8, 4) is 33.8 Å². The van der Waals surface area contributed by atoms with E-state index in [1.54, 1.807) is 36.4 Å². The molecule has 0 spiro atoms. The summed E-state index contributed by atoms with van der Waals surface area (Å²) in [4.78, 5) is 0. The molecule has 0 radical (unpaired) electrons. The van der Waals surface area contributed by atoms with Crippen LogP contribution in [0.25, 0.3) is 22.3 Å². The SMILES string of the molecule is CC1(C)c2ccc(O)cc2-c2cc(O)cc(-c3ccc(Cl)cc3F)c21. The predicted octanol–water partition coefficient (Wildman–Crippen LogP) is 5.86. The Kier molecular flexibility index (Phi) is 3.35. The first-order valence-corrected chi connectivity index (χ1v) is 8.33. The van der Waals surface area contributed by atoms with Crippen LogP contribution in [0.15, 0.2) is 48.5 Å². The highest BCUT2D eigenvalue weighted by Crippen LogP contribution is 2.54. The zero-order valence-electron chi connectivity index (χ0n) is 13.8. The molecular formula is C21H16ClFO2. The predicted molar refractivity (Wildman–Crippen MR) is 97.7 cm³/mol. The summed E-state index contributed by atoms with van der Waals surface area (Å²) in [7, 11) is 0. The summed E-state index contributed by atoms with van der Waals surface area (Å²) in [5, 5.41) is 20.4. The first-order chi connectivity index (χ1) is 11.8. The third-order valence-electron chi connectivity index (χ3n) is 4.94. The van der Waals surface area contributed by atoms with Crippen LogP contribution in [0.5, 0.6) is 11.5 Å². The Hall–Kier alpha value is -2.52. The zero-order valence-corrected chi connectivity index (χ0v) is 14.5. The van der Waals surface area contributed by atoms with E-state index in [1.165, 1.54) is 6.07 Å². The van der Waals surface area contributed by atoms with Crippen LogP contribution in [-0.2, 0) is 5.41 Å². The molecule has 2 N–H and O–H groups in total. The Labute approximate surface area is 150 Å². The Bertz CT molecular complexity index is 1020. The van der Waals surface area contributed by atoms with Crippen molar-refractivity contribution in [1.82, 2.24) is 0 Å². The number of aromatic hydroxyl groups is 2. The summed E-state index contributed by atoms with van der Waals surface area (Å²) in [6.45, 7) is 4.12. The molecule has 4 rings (SSSR count). The number of halogens is 2. The lowest BCUT2D eigenvalue weighted by molar-refractivity contribution is 0.474. The Morgan fingerprint density at radius 1 is 0.800 bits per heavy atom. The molecule has 0 bridgehead atoms. The van der Waals surface area contributed by atoms with Crippen LogP contribution in [0.4, 0.5) is 4.39 Å². The summed E-state index contributed by atoms with van der Waals surface area (Å²) < 4.78 is 14.6. The van der Waals surface area contributed by atoms with Crippen molar-refractivity contribution in [2.75, 3.05) is 0 Å². The van der Waals surface area contributed by atoms with Crippen molar-refractivity contribution in [3.05, 3.63) is 70.5 Å². The number of fused-ring (bicyclic) bond motifs is 3. The molecule has 126 valence electrons. The zero-order chi connectivity index (χ0) is 17.9. The van der Waals surface area contributed by atoms with Crippen molar-refractivity contribution < 1.29 is 14.6 Å². The van der Waals surface area contributed by atoms with Gasteiger partial charge in [0.2, 0.25) is 0 Å². The average Bonchev–Trinajstić information content (AvgIpc) is 2.74. The van der Waals surface area contributed by atoms with Crippen molar-refractivity contribution >= 4 is 11.6 Å². The lowest BCUT2D eigenvalue weighted by Gasteiger charge is -2.25. The number of phenolic OH excluding ortho intramolecular Hbond substituents is 2. The van der Waals surface area contributed by atoms with Crippen LogP contribution < -0.4 is 0 Å². The van der Waals surface area contributed by atoms with Gasteiger partial charge in [0.1, 0.15) is 17.3 Å². The van der Waals surface area contributed by atoms with E-state index in [-0.39, 0.29) is 11.5 Å². The number of rotatable bonds is 1. The van der Waals surface area contributed by atoms with Gasteiger partial charge < -0.3 is 10.2 Å². The van der Waals surface area contributed by atoms with Gasteiger partial charge in [0.25, 0.3) is 0 Å². The molecule has 4 heteroatoms. The Morgan fingerprint density at radius 3 is 2.12 bits per heavy atom. The topological polar surface area (TPSA) is 40.5 Å². The van der Waals surface area contributed by atoms with Gasteiger partial charge in [0, 0.05) is 16.0 Å². The van der Waals surface area contributed by atoms with Crippen LogP contribution in [-0.4, -0.2) is 10.2 Å². The molecule has 2 nitrogen and oxygen atoms in total. The summed E-state index contributed by atoms with van der Waals surface area (Å²) in [6.07, 6.45) is 0. The number of hydrogen-bond donors (Lipinski definition) is 2. The third kappa shape index (κ3) is 2.30. The monoisotopic (exact) mass is 354 g/mol. The van der Waals surface area contributed by atoms with Gasteiger partial charge in [-0.3, -0.25) is 0 Å². The normalized spacial score (nSPS) is 14.2. The van der Waals surface area contributed by atoms with Crippen molar-refractivity contribution in [1.29, 1.82) is 0 Å². The number of hydrogen-bond acceptors (Lipinski definition) is 2. The first-order valence-electron chi connectivity index (χ1n) is 7.96. The molecule has 0 unspecified atom stereocenters. The van der Waals surface area contributed by atoms with Crippen LogP contribution in [0.1, 0.15) is 25.0 Å². The minimum Gasteiger partial charge on any atom is -0.508 e. The van der Waals surface area contributed by atoms with Gasteiger partial charge in [-0.25, -0.2) is 4.39 Å². The maximum absolute atomic E-state index is 14.6. The Morgan fingerprint density at radius 2 is 1.44 bits per heavy atom. The molecule has 0 saturated carbocycles. The minimum absolute atomic E-state index is 0.0510. The molecule has 0 fully saturated rings. The molecule has 0 atom stereocenters. The van der Waals surface area contributed by atoms with Crippen LogP contribution in [0, 0.1) is 5.82 Å². The molecule has 3 aromatic carbocycles. The van der Waals surface area contributed by atoms with Gasteiger partial charge in [-0.2, -0.15) is 0 Å². The fourth-order valence-electron chi connectivity index (χ4n) is 3.87. The number of benzene rings is 3. The van der Waals surface area contributed by atoms with Crippen molar-refractivity contribution in [3.63, 3.8) is 0 Å². The van der Waals surface area contributed by atoms with E-state index in [1.807, 2.05) is 6.07 Å². The second kappa shape index (κ2) is 5.24. The molecule has 1 aliphatic rings. The molecule has 0 saturated heterocycles. The van der Waals surface area contributed by atoms with E-state index < -0.39 is 11.2 Å². The largest absolute Gasteiger partial charge is 0.508 e. The van der Waals surface area contributed by atoms with Crippen molar-refractivity contribution in [2.24, 2.45) is 0 Å². The van der Waals surface area contributed by atoms with Gasteiger partial charge in [-0.1, -0.05) is 31.5 Å². The molecule has 3 aromatic rings. The van der Waals surface area contributed by atoms with Gasteiger partial charge >= 0.3 is 0 Å². The minimum atomic E-state index is -0.435. The highest BCUT2D eigenvalue weighted by molar-refractivity contribution is 6.30. The standard InChI is InChI=1S/C21H16ClFO2/c1-21(2)18-6-4-12(24)8-15(18)17-10-13(25)9-16(20(17)21)14-5-3-11(22)7-19(14)23/h3-10,24-25H,1-2H3. The molecule has 1 aliphatic carbocycles. The molecule has 0 amide bonds. The van der Waals surface area contributed by atoms with Crippen LogP contribution in [0.2, 0.25) is 5.02 Å². The maximum atomic E-state index is 14.6. The fraction of sp³-hybridized carbons (Fsp3) is 0.143. The smallest absolute Gasteiger partial charge is 0.132 e. The van der Waals surface area contributed by atoms with E-state index in [2.05, 4.69) is 13.8 Å². The lowest BCUT2D eigenvalue weighted by Crippen LogP contribution is -2.16.